The summed E-state index contributed by atoms with van der Waals surface area (Å²) in [7, 11) is 0. The predicted molar refractivity (Wildman–Crippen MR) is 110 cm³/mol. The molecule has 33 heavy (non-hydrogen) atoms. The van der Waals surface area contributed by atoms with Crippen molar-refractivity contribution in [3.8, 4) is 11.4 Å². The number of fused-ring (bicyclic) bond motifs is 1. The van der Waals surface area contributed by atoms with Crippen molar-refractivity contribution < 1.29 is 27.1 Å². The second kappa shape index (κ2) is 8.73. The Labute approximate surface area is 183 Å². The molecule has 0 atom stereocenters. The summed E-state index contributed by atoms with van der Waals surface area (Å²) in [5.41, 5.74) is -0.226. The lowest BCUT2D eigenvalue weighted by molar-refractivity contribution is -0.137. The Kier molecular flexibility index (Phi) is 5.82. The van der Waals surface area contributed by atoms with E-state index in [0.29, 0.717) is 16.6 Å². The van der Waals surface area contributed by atoms with Gasteiger partial charge in [-0.25, -0.2) is 9.59 Å². The number of nitrogens with zero attached hydrogens (tertiary/aromatic N) is 4. The molecule has 1 amide bonds. The van der Waals surface area contributed by atoms with Gasteiger partial charge in [-0.3, -0.25) is 5.32 Å². The highest BCUT2D eigenvalue weighted by atomic mass is 19.4. The van der Waals surface area contributed by atoms with Crippen LogP contribution in [0.1, 0.15) is 18.1 Å². The molecule has 9 nitrogen and oxygen atoms in total. The normalized spacial score (nSPS) is 11.5. The van der Waals surface area contributed by atoms with Crippen LogP contribution in [0, 0.1) is 0 Å². The molecular formula is C21H16F3N5O4. The maximum absolute atomic E-state index is 13.0. The number of ether oxygens (including phenoxy) is 1. The van der Waals surface area contributed by atoms with Gasteiger partial charge in [-0.1, -0.05) is 12.1 Å². The number of nitrogens with one attached hydrogen (secondary N) is 1. The number of halogens is 3. The van der Waals surface area contributed by atoms with Crippen LogP contribution in [0.3, 0.4) is 0 Å². The minimum Gasteiger partial charge on any atom is -0.450 e. The molecule has 0 spiro atoms. The first-order valence-corrected chi connectivity index (χ1v) is 9.69. The lowest BCUT2D eigenvalue weighted by Gasteiger charge is -2.08. The van der Waals surface area contributed by atoms with Gasteiger partial charge < -0.3 is 9.15 Å². The first kappa shape index (κ1) is 22.0. The van der Waals surface area contributed by atoms with Crippen LogP contribution in [0.5, 0.6) is 0 Å². The van der Waals surface area contributed by atoms with Gasteiger partial charge in [-0.2, -0.15) is 18.0 Å². The Bertz CT molecular complexity index is 1380. The van der Waals surface area contributed by atoms with Gasteiger partial charge in [-0.15, -0.1) is 10.2 Å². The highest BCUT2D eigenvalue weighted by Gasteiger charge is 2.30. The van der Waals surface area contributed by atoms with Crippen molar-refractivity contribution in [2.24, 2.45) is 0 Å². The number of carbonyl (C=O) groups is 1. The van der Waals surface area contributed by atoms with Crippen molar-refractivity contribution in [1.29, 1.82) is 0 Å². The number of amides is 1. The van der Waals surface area contributed by atoms with Gasteiger partial charge in [-0.05, 0) is 42.0 Å². The minimum absolute atomic E-state index is 0.00861. The zero-order valence-corrected chi connectivity index (χ0v) is 17.1. The maximum atomic E-state index is 13.0. The zero-order chi connectivity index (χ0) is 23.6. The molecule has 0 fully saturated rings. The molecule has 2 heterocycles. The van der Waals surface area contributed by atoms with Gasteiger partial charge in [0.25, 0.3) is 0 Å². The van der Waals surface area contributed by atoms with E-state index < -0.39 is 23.5 Å². The summed E-state index contributed by atoms with van der Waals surface area (Å²) in [5.74, 6) is 0.00861. The van der Waals surface area contributed by atoms with E-state index in [9.17, 15) is 22.8 Å². The van der Waals surface area contributed by atoms with Crippen LogP contribution in [-0.2, 0) is 17.5 Å². The monoisotopic (exact) mass is 459 g/mol. The Hall–Kier alpha value is -4.22. The molecule has 2 aromatic heterocycles. The molecule has 12 heteroatoms. The topological polar surface area (TPSA) is 112 Å². The van der Waals surface area contributed by atoms with E-state index in [2.05, 4.69) is 20.7 Å². The van der Waals surface area contributed by atoms with Crippen LogP contribution in [0.4, 0.5) is 23.7 Å². The van der Waals surface area contributed by atoms with Crippen molar-refractivity contribution in [2.45, 2.75) is 19.6 Å². The number of carbonyl (C=O) groups excluding carboxylic acids is 1. The molecule has 0 bridgehead atoms. The van der Waals surface area contributed by atoms with Gasteiger partial charge in [0, 0.05) is 28.8 Å². The van der Waals surface area contributed by atoms with Crippen molar-refractivity contribution in [3.05, 3.63) is 70.1 Å². The zero-order valence-electron chi connectivity index (χ0n) is 17.1. The van der Waals surface area contributed by atoms with E-state index in [4.69, 9.17) is 9.15 Å². The molecule has 0 saturated carbocycles. The number of tetrazole rings is 1. The first-order valence-electron chi connectivity index (χ1n) is 9.69. The molecule has 4 aromatic rings. The number of hydrogen-bond donors (Lipinski definition) is 1. The highest BCUT2D eigenvalue weighted by Crippen LogP contribution is 2.31. The average Bonchev–Trinajstić information content (AvgIpc) is 3.21. The Balaban J connectivity index is 1.62. The summed E-state index contributed by atoms with van der Waals surface area (Å²) in [6.07, 6.45) is -5.14. The Morgan fingerprint density at radius 3 is 2.76 bits per heavy atom. The average molecular weight is 459 g/mol. The van der Waals surface area contributed by atoms with E-state index in [1.807, 2.05) is 0 Å². The van der Waals surface area contributed by atoms with Crippen LogP contribution < -0.4 is 10.9 Å². The van der Waals surface area contributed by atoms with Crippen LogP contribution in [0.15, 0.2) is 57.7 Å². The predicted octanol–water partition coefficient (Wildman–Crippen LogP) is 4.08. The third-order valence-electron chi connectivity index (χ3n) is 4.56. The molecule has 2 aromatic carbocycles. The lowest BCUT2D eigenvalue weighted by Crippen LogP contribution is -2.13. The molecule has 0 aliphatic rings. The summed E-state index contributed by atoms with van der Waals surface area (Å²) in [5, 5.41) is 14.9. The van der Waals surface area contributed by atoms with Gasteiger partial charge in [0.2, 0.25) is 5.82 Å². The number of hydrogen-bond acceptors (Lipinski definition) is 7. The molecule has 0 aliphatic carbocycles. The third-order valence-corrected chi connectivity index (χ3v) is 4.56. The van der Waals surface area contributed by atoms with Gasteiger partial charge >= 0.3 is 17.9 Å². The summed E-state index contributed by atoms with van der Waals surface area (Å²) < 4.78 is 48.9. The summed E-state index contributed by atoms with van der Waals surface area (Å²) in [6, 6.07) is 10.6. The van der Waals surface area contributed by atoms with E-state index in [0.717, 1.165) is 16.9 Å². The third kappa shape index (κ3) is 5.00. The molecule has 0 aliphatic heterocycles. The molecule has 0 unspecified atom stereocenters. The maximum Gasteiger partial charge on any atom is 0.416 e. The smallest absolute Gasteiger partial charge is 0.416 e. The van der Waals surface area contributed by atoms with Crippen molar-refractivity contribution in [2.75, 3.05) is 11.9 Å². The number of anilines is 1. The largest absolute Gasteiger partial charge is 0.450 e. The number of alkyl halides is 3. The van der Waals surface area contributed by atoms with Gasteiger partial charge in [0.05, 0.1) is 18.7 Å². The SMILES string of the molecule is CCOC(=O)Nc1ccc2c(Cn3nnc(-c4cccc(C(F)(F)F)c4)n3)cc(=O)oc2c1. The Morgan fingerprint density at radius 1 is 1.18 bits per heavy atom. The quantitative estimate of drug-likeness (QED) is 0.448. The number of aromatic nitrogens is 4. The van der Waals surface area contributed by atoms with Crippen molar-refractivity contribution in [3.63, 3.8) is 0 Å². The fourth-order valence-electron chi connectivity index (χ4n) is 3.14. The lowest BCUT2D eigenvalue weighted by atomic mass is 10.1. The van der Waals surface area contributed by atoms with E-state index in [-0.39, 0.29) is 30.1 Å². The minimum atomic E-state index is -4.50. The molecular weight excluding hydrogens is 443 g/mol. The summed E-state index contributed by atoms with van der Waals surface area (Å²) in [6.45, 7) is 1.88. The van der Waals surface area contributed by atoms with Crippen LogP contribution in [0.25, 0.3) is 22.4 Å². The summed E-state index contributed by atoms with van der Waals surface area (Å²) in [4.78, 5) is 24.8. The molecule has 1 N–H and O–H groups in total. The van der Waals surface area contributed by atoms with Crippen molar-refractivity contribution in [1.82, 2.24) is 20.2 Å². The van der Waals surface area contributed by atoms with Crippen LogP contribution in [0.2, 0.25) is 0 Å². The summed E-state index contributed by atoms with van der Waals surface area (Å²) >= 11 is 0. The number of benzene rings is 2. The fraction of sp³-hybridized carbons (Fsp3) is 0.190. The van der Waals surface area contributed by atoms with Crippen LogP contribution >= 0.6 is 0 Å². The van der Waals surface area contributed by atoms with Crippen molar-refractivity contribution >= 4 is 22.7 Å². The molecule has 0 saturated heterocycles. The van der Waals surface area contributed by atoms with Gasteiger partial charge in [0.1, 0.15) is 5.58 Å². The van der Waals surface area contributed by atoms with Gasteiger partial charge in [0.15, 0.2) is 0 Å². The second-order valence-corrected chi connectivity index (χ2v) is 6.87. The van der Waals surface area contributed by atoms with Crippen LogP contribution in [-0.4, -0.2) is 32.9 Å². The molecule has 170 valence electrons. The van der Waals surface area contributed by atoms with E-state index in [1.54, 1.807) is 19.1 Å². The molecule has 4 rings (SSSR count). The first-order chi connectivity index (χ1) is 15.7. The van der Waals surface area contributed by atoms with E-state index >= 15 is 0 Å². The molecule has 0 radical (unpaired) electrons. The van der Waals surface area contributed by atoms with E-state index in [1.165, 1.54) is 24.3 Å². The standard InChI is InChI=1S/C21H16F3N5O4/c1-2-32-20(31)25-15-6-7-16-13(9-18(30)33-17(16)10-15)11-29-27-19(26-28-29)12-4-3-5-14(8-12)21(22,23)24/h3-10H,2,11H2,1H3,(H,25,31). The highest BCUT2D eigenvalue weighted by molar-refractivity contribution is 5.90. The number of rotatable bonds is 5. The fourth-order valence-corrected chi connectivity index (χ4v) is 3.14. The second-order valence-electron chi connectivity index (χ2n) is 6.87. The Morgan fingerprint density at radius 2 is 2.00 bits per heavy atom.